The summed E-state index contributed by atoms with van der Waals surface area (Å²) in [6, 6.07) is 6.62. The quantitative estimate of drug-likeness (QED) is 0.729. The van der Waals surface area contributed by atoms with E-state index < -0.39 is 6.04 Å². The summed E-state index contributed by atoms with van der Waals surface area (Å²) in [6.45, 7) is 10.3. The van der Waals surface area contributed by atoms with Gasteiger partial charge in [0.05, 0.1) is 12.2 Å². The molecule has 0 bridgehead atoms. The van der Waals surface area contributed by atoms with Crippen LogP contribution in [0, 0.1) is 5.92 Å². The molecule has 0 saturated heterocycles. The van der Waals surface area contributed by atoms with Crippen molar-refractivity contribution in [2.45, 2.75) is 59.5 Å². The van der Waals surface area contributed by atoms with Gasteiger partial charge in [0, 0.05) is 6.04 Å². The van der Waals surface area contributed by atoms with Crippen LogP contribution in [0.15, 0.2) is 24.3 Å². The maximum Gasteiger partial charge on any atom is 0.255 e. The van der Waals surface area contributed by atoms with Gasteiger partial charge in [0.25, 0.3) is 5.91 Å². The van der Waals surface area contributed by atoms with Gasteiger partial charge in [-0.3, -0.25) is 9.59 Å². The Morgan fingerprint density at radius 3 is 2.21 bits per heavy atom. The van der Waals surface area contributed by atoms with Crippen LogP contribution in [0.2, 0.25) is 0 Å². The lowest BCUT2D eigenvalue weighted by atomic mass is 10.0. The van der Waals surface area contributed by atoms with Crippen molar-refractivity contribution < 1.29 is 14.3 Å². The molecule has 1 aromatic rings. The van der Waals surface area contributed by atoms with Crippen molar-refractivity contribution >= 4 is 11.8 Å². The molecule has 2 amide bonds. The van der Waals surface area contributed by atoms with Crippen molar-refractivity contribution in [2.75, 3.05) is 6.61 Å². The lowest BCUT2D eigenvalue weighted by molar-refractivity contribution is -0.124. The highest BCUT2D eigenvalue weighted by molar-refractivity contribution is 5.99. The molecule has 0 aliphatic heterocycles. The van der Waals surface area contributed by atoms with E-state index in [1.54, 1.807) is 18.2 Å². The average Bonchev–Trinajstić information content (AvgIpc) is 2.57. The zero-order valence-electron chi connectivity index (χ0n) is 15.4. The lowest BCUT2D eigenvalue weighted by Gasteiger charge is -2.25. The Bertz CT molecular complexity index is 539. The van der Waals surface area contributed by atoms with Crippen LogP contribution in [-0.4, -0.2) is 30.5 Å². The molecule has 0 aromatic heterocycles. The fraction of sp³-hybridized carbons (Fsp3) is 0.579. The summed E-state index contributed by atoms with van der Waals surface area (Å²) < 4.78 is 5.50. The molecule has 1 atom stereocenters. The summed E-state index contributed by atoms with van der Waals surface area (Å²) in [6.07, 6.45) is 1.74. The minimum atomic E-state index is -0.576. The van der Waals surface area contributed by atoms with E-state index in [1.807, 2.05) is 40.7 Å². The topological polar surface area (TPSA) is 67.4 Å². The highest BCUT2D eigenvalue weighted by atomic mass is 16.5. The number of amides is 2. The maximum absolute atomic E-state index is 12.6. The van der Waals surface area contributed by atoms with Gasteiger partial charge < -0.3 is 15.4 Å². The zero-order chi connectivity index (χ0) is 18.1. The van der Waals surface area contributed by atoms with Crippen molar-refractivity contribution in [1.82, 2.24) is 10.6 Å². The third kappa shape index (κ3) is 5.55. The third-order valence-corrected chi connectivity index (χ3v) is 4.00. The summed E-state index contributed by atoms with van der Waals surface area (Å²) in [5.74, 6) is 0.0846. The van der Waals surface area contributed by atoms with Gasteiger partial charge in [-0.25, -0.2) is 0 Å². The average molecular weight is 334 g/mol. The number of benzene rings is 1. The second-order valence-electron chi connectivity index (χ2n) is 6.15. The molecule has 0 aliphatic carbocycles. The van der Waals surface area contributed by atoms with Gasteiger partial charge in [-0.15, -0.1) is 0 Å². The van der Waals surface area contributed by atoms with Gasteiger partial charge in [-0.2, -0.15) is 0 Å². The molecule has 24 heavy (non-hydrogen) atoms. The number of para-hydroxylation sites is 1. The third-order valence-electron chi connectivity index (χ3n) is 4.00. The molecule has 0 radical (unpaired) electrons. The minimum absolute atomic E-state index is 0.0115. The van der Waals surface area contributed by atoms with Crippen LogP contribution in [0.3, 0.4) is 0 Å². The number of rotatable bonds is 9. The predicted octanol–water partition coefficient (Wildman–Crippen LogP) is 3.14. The smallest absolute Gasteiger partial charge is 0.255 e. The largest absolute Gasteiger partial charge is 0.493 e. The van der Waals surface area contributed by atoms with E-state index in [0.717, 1.165) is 12.8 Å². The number of carbonyl (C=O) groups is 2. The van der Waals surface area contributed by atoms with Crippen LogP contribution < -0.4 is 15.4 Å². The molecule has 1 aromatic carbocycles. The van der Waals surface area contributed by atoms with Crippen molar-refractivity contribution in [3.05, 3.63) is 29.8 Å². The van der Waals surface area contributed by atoms with Gasteiger partial charge in [-0.05, 0) is 37.8 Å². The van der Waals surface area contributed by atoms with Gasteiger partial charge in [0.1, 0.15) is 11.8 Å². The number of hydrogen-bond acceptors (Lipinski definition) is 3. The van der Waals surface area contributed by atoms with E-state index in [2.05, 4.69) is 10.6 Å². The molecule has 1 rings (SSSR count). The first-order valence-electron chi connectivity index (χ1n) is 8.77. The van der Waals surface area contributed by atoms with Crippen molar-refractivity contribution in [2.24, 2.45) is 5.92 Å². The van der Waals surface area contributed by atoms with Crippen LogP contribution >= 0.6 is 0 Å². The molecule has 0 heterocycles. The van der Waals surface area contributed by atoms with E-state index >= 15 is 0 Å². The van der Waals surface area contributed by atoms with Crippen LogP contribution in [0.1, 0.15) is 57.8 Å². The van der Waals surface area contributed by atoms with Crippen molar-refractivity contribution in [3.63, 3.8) is 0 Å². The standard InChI is InChI=1S/C19H30N2O3/c1-6-14(7-2)20-19(23)17(13(4)5)21-18(22)15-11-9-10-12-16(15)24-8-3/h9-14,17H,6-8H2,1-5H3,(H,20,23)(H,21,22)/t17-/m0/s1. The maximum atomic E-state index is 12.6. The normalized spacial score (nSPS) is 12.1. The summed E-state index contributed by atoms with van der Waals surface area (Å²) in [5.41, 5.74) is 0.445. The summed E-state index contributed by atoms with van der Waals surface area (Å²) in [7, 11) is 0. The molecule has 0 unspecified atom stereocenters. The summed E-state index contributed by atoms with van der Waals surface area (Å²) in [4.78, 5) is 25.1. The first-order chi connectivity index (χ1) is 11.4. The molecule has 0 saturated carbocycles. The van der Waals surface area contributed by atoms with Gasteiger partial charge in [0.2, 0.25) is 5.91 Å². The monoisotopic (exact) mass is 334 g/mol. The van der Waals surface area contributed by atoms with E-state index in [-0.39, 0.29) is 23.8 Å². The molecule has 0 fully saturated rings. The number of ether oxygens (including phenoxy) is 1. The van der Waals surface area contributed by atoms with Gasteiger partial charge in [-0.1, -0.05) is 39.8 Å². The Balaban J connectivity index is 2.89. The molecule has 0 spiro atoms. The second-order valence-corrected chi connectivity index (χ2v) is 6.15. The highest BCUT2D eigenvalue weighted by Crippen LogP contribution is 2.18. The van der Waals surface area contributed by atoms with Crippen LogP contribution in [0.25, 0.3) is 0 Å². The predicted molar refractivity (Wildman–Crippen MR) is 96.2 cm³/mol. The van der Waals surface area contributed by atoms with Crippen LogP contribution in [-0.2, 0) is 4.79 Å². The molecule has 5 nitrogen and oxygen atoms in total. The Labute approximate surface area is 145 Å². The fourth-order valence-corrected chi connectivity index (χ4v) is 2.47. The Kier molecular flexibility index (Phi) is 8.30. The molecule has 5 heteroatoms. The molecule has 0 aliphatic rings. The van der Waals surface area contributed by atoms with E-state index in [4.69, 9.17) is 4.74 Å². The zero-order valence-corrected chi connectivity index (χ0v) is 15.4. The molecular weight excluding hydrogens is 304 g/mol. The first-order valence-corrected chi connectivity index (χ1v) is 8.77. The lowest BCUT2D eigenvalue weighted by Crippen LogP contribution is -2.52. The molecule has 2 N–H and O–H groups in total. The summed E-state index contributed by atoms with van der Waals surface area (Å²) >= 11 is 0. The van der Waals surface area contributed by atoms with Crippen molar-refractivity contribution in [1.29, 1.82) is 0 Å². The number of carbonyl (C=O) groups excluding carboxylic acids is 2. The Hall–Kier alpha value is -2.04. The summed E-state index contributed by atoms with van der Waals surface area (Å²) in [5, 5.41) is 5.86. The molecule has 134 valence electrons. The highest BCUT2D eigenvalue weighted by Gasteiger charge is 2.26. The van der Waals surface area contributed by atoms with Crippen LogP contribution in [0.5, 0.6) is 5.75 Å². The number of nitrogens with one attached hydrogen (secondary N) is 2. The molecular formula is C19H30N2O3. The Morgan fingerprint density at radius 1 is 1.04 bits per heavy atom. The SMILES string of the molecule is CCOc1ccccc1C(=O)N[C@H](C(=O)NC(CC)CC)C(C)C. The Morgan fingerprint density at radius 2 is 1.67 bits per heavy atom. The number of hydrogen-bond donors (Lipinski definition) is 2. The van der Waals surface area contributed by atoms with E-state index in [1.165, 1.54) is 0 Å². The second kappa shape index (κ2) is 9.96. The minimum Gasteiger partial charge on any atom is -0.493 e. The van der Waals surface area contributed by atoms with Crippen LogP contribution in [0.4, 0.5) is 0 Å². The first kappa shape index (κ1) is 20.0. The van der Waals surface area contributed by atoms with E-state index in [0.29, 0.717) is 17.9 Å². The fourth-order valence-electron chi connectivity index (χ4n) is 2.47. The van der Waals surface area contributed by atoms with E-state index in [9.17, 15) is 9.59 Å². The van der Waals surface area contributed by atoms with Crippen molar-refractivity contribution in [3.8, 4) is 5.75 Å². The van der Waals surface area contributed by atoms with Gasteiger partial charge in [0.15, 0.2) is 0 Å². The van der Waals surface area contributed by atoms with Gasteiger partial charge >= 0.3 is 0 Å².